The number of hydrogen-bond acceptors (Lipinski definition) is 4. The van der Waals surface area contributed by atoms with Crippen molar-refractivity contribution in [2.45, 2.75) is 19.3 Å². The van der Waals surface area contributed by atoms with E-state index in [1.54, 1.807) is 6.20 Å². The molecule has 1 aliphatic rings. The van der Waals surface area contributed by atoms with Crippen LogP contribution in [0.25, 0.3) is 0 Å². The third kappa shape index (κ3) is 1.05. The van der Waals surface area contributed by atoms with Gasteiger partial charge in [0.05, 0.1) is 5.69 Å². The Morgan fingerprint density at radius 3 is 3.17 bits per heavy atom. The minimum atomic E-state index is 0.679. The third-order valence-electron chi connectivity index (χ3n) is 2.04. The van der Waals surface area contributed by atoms with E-state index in [9.17, 15) is 0 Å². The molecule has 1 aromatic rings. The summed E-state index contributed by atoms with van der Waals surface area (Å²) in [6.45, 7) is 0. The van der Waals surface area contributed by atoms with Crippen molar-refractivity contribution in [3.8, 4) is 0 Å². The van der Waals surface area contributed by atoms with Crippen LogP contribution in [0, 0.1) is 0 Å². The molecule has 0 bridgehead atoms. The van der Waals surface area contributed by atoms with Gasteiger partial charge in [-0.05, 0) is 24.8 Å². The molecular formula is C8H9N3O. The Hall–Kier alpha value is -1.45. The van der Waals surface area contributed by atoms with Gasteiger partial charge in [-0.1, -0.05) is 5.16 Å². The summed E-state index contributed by atoms with van der Waals surface area (Å²) in [5.74, 6) is 0. The molecule has 0 unspecified atom stereocenters. The standard InChI is InChI=1S/C8H9N3O/c12-11-7-3-1-2-6-4-9-5-10-8(6)7/h4-5,12H,1-3H2/b11-7+. The lowest BCUT2D eigenvalue weighted by Gasteiger charge is -2.13. The van der Waals surface area contributed by atoms with Gasteiger partial charge >= 0.3 is 0 Å². The monoisotopic (exact) mass is 163 g/mol. The molecule has 1 aromatic heterocycles. The first-order valence-corrected chi connectivity index (χ1v) is 3.92. The van der Waals surface area contributed by atoms with E-state index in [0.717, 1.165) is 30.5 Å². The van der Waals surface area contributed by atoms with Crippen molar-refractivity contribution in [3.05, 3.63) is 23.8 Å². The Balaban J connectivity index is 2.51. The lowest BCUT2D eigenvalue weighted by atomic mass is 9.96. The van der Waals surface area contributed by atoms with Gasteiger partial charge < -0.3 is 5.21 Å². The van der Waals surface area contributed by atoms with Gasteiger partial charge in [-0.25, -0.2) is 9.97 Å². The molecule has 0 aliphatic heterocycles. The fourth-order valence-electron chi connectivity index (χ4n) is 1.46. The third-order valence-corrected chi connectivity index (χ3v) is 2.04. The topological polar surface area (TPSA) is 58.4 Å². The molecule has 2 rings (SSSR count). The van der Waals surface area contributed by atoms with E-state index in [4.69, 9.17) is 5.21 Å². The highest BCUT2D eigenvalue weighted by Crippen LogP contribution is 2.17. The second-order valence-corrected chi connectivity index (χ2v) is 2.80. The summed E-state index contributed by atoms with van der Waals surface area (Å²) in [7, 11) is 0. The highest BCUT2D eigenvalue weighted by Gasteiger charge is 2.16. The second kappa shape index (κ2) is 2.89. The first kappa shape index (κ1) is 7.21. The molecule has 0 saturated carbocycles. The van der Waals surface area contributed by atoms with E-state index < -0.39 is 0 Å². The average Bonchev–Trinajstić information content (AvgIpc) is 2.17. The van der Waals surface area contributed by atoms with Crippen molar-refractivity contribution in [1.29, 1.82) is 0 Å². The number of rotatable bonds is 0. The Morgan fingerprint density at radius 2 is 2.33 bits per heavy atom. The van der Waals surface area contributed by atoms with Gasteiger partial charge in [0.1, 0.15) is 12.0 Å². The van der Waals surface area contributed by atoms with E-state index in [1.807, 2.05) is 0 Å². The van der Waals surface area contributed by atoms with Gasteiger partial charge in [-0.3, -0.25) is 0 Å². The van der Waals surface area contributed by atoms with Crippen molar-refractivity contribution < 1.29 is 5.21 Å². The maximum absolute atomic E-state index is 8.67. The summed E-state index contributed by atoms with van der Waals surface area (Å²) >= 11 is 0. The van der Waals surface area contributed by atoms with E-state index in [-0.39, 0.29) is 0 Å². The number of aryl methyl sites for hydroxylation is 1. The summed E-state index contributed by atoms with van der Waals surface area (Å²) in [6.07, 6.45) is 6.07. The summed E-state index contributed by atoms with van der Waals surface area (Å²) in [5.41, 5.74) is 2.56. The largest absolute Gasteiger partial charge is 0.411 e. The SMILES string of the molecule is O/N=C1\CCCc2cncnc21. The van der Waals surface area contributed by atoms with Crippen molar-refractivity contribution in [2.75, 3.05) is 0 Å². The molecule has 0 amide bonds. The molecule has 12 heavy (non-hydrogen) atoms. The Labute approximate surface area is 70.0 Å². The Bertz CT molecular complexity index is 322. The van der Waals surface area contributed by atoms with Crippen LogP contribution in [0.2, 0.25) is 0 Å². The first-order chi connectivity index (χ1) is 5.92. The van der Waals surface area contributed by atoms with Crippen LogP contribution >= 0.6 is 0 Å². The molecule has 4 nitrogen and oxygen atoms in total. The van der Waals surface area contributed by atoms with Crippen molar-refractivity contribution in [1.82, 2.24) is 9.97 Å². The van der Waals surface area contributed by atoms with Crippen molar-refractivity contribution in [2.24, 2.45) is 5.16 Å². The molecule has 1 aliphatic carbocycles. The average molecular weight is 163 g/mol. The van der Waals surface area contributed by atoms with Crippen LogP contribution in [0.4, 0.5) is 0 Å². The van der Waals surface area contributed by atoms with Crippen LogP contribution in [-0.4, -0.2) is 20.9 Å². The highest BCUT2D eigenvalue weighted by atomic mass is 16.4. The minimum absolute atomic E-state index is 0.679. The van der Waals surface area contributed by atoms with Crippen molar-refractivity contribution >= 4 is 5.71 Å². The first-order valence-electron chi connectivity index (χ1n) is 3.92. The van der Waals surface area contributed by atoms with E-state index in [2.05, 4.69) is 15.1 Å². The van der Waals surface area contributed by atoms with Gasteiger partial charge in [0.15, 0.2) is 0 Å². The maximum Gasteiger partial charge on any atom is 0.116 e. The zero-order chi connectivity index (χ0) is 8.39. The van der Waals surface area contributed by atoms with Crippen LogP contribution in [0.15, 0.2) is 17.7 Å². The van der Waals surface area contributed by atoms with Crippen LogP contribution in [0.3, 0.4) is 0 Å². The normalized spacial score (nSPS) is 19.2. The fourth-order valence-corrected chi connectivity index (χ4v) is 1.46. The minimum Gasteiger partial charge on any atom is -0.411 e. The molecule has 1 N–H and O–H groups in total. The molecule has 1 heterocycles. The number of fused-ring (bicyclic) bond motifs is 1. The molecule has 0 spiro atoms. The predicted molar refractivity (Wildman–Crippen MR) is 43.3 cm³/mol. The smallest absolute Gasteiger partial charge is 0.116 e. The second-order valence-electron chi connectivity index (χ2n) is 2.80. The van der Waals surface area contributed by atoms with E-state index in [1.165, 1.54) is 6.33 Å². The van der Waals surface area contributed by atoms with Gasteiger partial charge in [0.25, 0.3) is 0 Å². The lowest BCUT2D eigenvalue weighted by molar-refractivity contribution is 0.317. The summed E-state index contributed by atoms with van der Waals surface area (Å²) in [5, 5.41) is 11.9. The zero-order valence-electron chi connectivity index (χ0n) is 6.56. The number of oxime groups is 1. The van der Waals surface area contributed by atoms with Crippen LogP contribution < -0.4 is 0 Å². The molecular weight excluding hydrogens is 154 g/mol. The molecule has 0 fully saturated rings. The van der Waals surface area contributed by atoms with Crippen LogP contribution in [-0.2, 0) is 6.42 Å². The number of aromatic nitrogens is 2. The van der Waals surface area contributed by atoms with Gasteiger partial charge in [0, 0.05) is 6.20 Å². The van der Waals surface area contributed by atoms with E-state index in [0.29, 0.717) is 5.71 Å². The van der Waals surface area contributed by atoms with Crippen LogP contribution in [0.5, 0.6) is 0 Å². The molecule has 62 valence electrons. The number of hydrogen-bond donors (Lipinski definition) is 1. The Morgan fingerprint density at radius 1 is 1.42 bits per heavy atom. The highest BCUT2D eigenvalue weighted by molar-refractivity contribution is 6.00. The predicted octanol–water partition coefficient (Wildman–Crippen LogP) is 0.991. The zero-order valence-corrected chi connectivity index (χ0v) is 6.56. The van der Waals surface area contributed by atoms with Gasteiger partial charge in [-0.15, -0.1) is 0 Å². The summed E-state index contributed by atoms with van der Waals surface area (Å²) < 4.78 is 0. The quantitative estimate of drug-likeness (QED) is 0.458. The number of nitrogens with zero attached hydrogens (tertiary/aromatic N) is 3. The lowest BCUT2D eigenvalue weighted by Crippen LogP contribution is -2.14. The molecule has 0 radical (unpaired) electrons. The van der Waals surface area contributed by atoms with Crippen molar-refractivity contribution in [3.63, 3.8) is 0 Å². The molecule has 0 atom stereocenters. The van der Waals surface area contributed by atoms with E-state index >= 15 is 0 Å². The Kier molecular flexibility index (Phi) is 1.74. The van der Waals surface area contributed by atoms with Gasteiger partial charge in [-0.2, -0.15) is 0 Å². The fraction of sp³-hybridized carbons (Fsp3) is 0.375. The maximum atomic E-state index is 8.67. The molecule has 0 aromatic carbocycles. The summed E-state index contributed by atoms with van der Waals surface area (Å²) in [4.78, 5) is 7.99. The van der Waals surface area contributed by atoms with Crippen LogP contribution in [0.1, 0.15) is 24.1 Å². The molecule has 0 saturated heterocycles. The van der Waals surface area contributed by atoms with Gasteiger partial charge in [0.2, 0.25) is 0 Å². The molecule has 4 heteroatoms. The summed E-state index contributed by atoms with van der Waals surface area (Å²) in [6, 6.07) is 0.